The van der Waals surface area contributed by atoms with Crippen LogP contribution < -0.4 is 0 Å². The molecule has 0 bridgehead atoms. The summed E-state index contributed by atoms with van der Waals surface area (Å²) in [5, 5.41) is 0. The lowest BCUT2D eigenvalue weighted by atomic mass is 10.2. The lowest BCUT2D eigenvalue weighted by molar-refractivity contribution is -0.132. The van der Waals surface area contributed by atoms with E-state index in [9.17, 15) is 4.79 Å². The van der Waals surface area contributed by atoms with Crippen LogP contribution in [0.2, 0.25) is 0 Å². The second kappa shape index (κ2) is 7.19. The van der Waals surface area contributed by atoms with Crippen molar-refractivity contribution in [2.75, 3.05) is 12.4 Å². The first-order valence-electron chi connectivity index (χ1n) is 4.98. The minimum absolute atomic E-state index is 0.252. The first-order chi connectivity index (χ1) is 6.13. The summed E-state index contributed by atoms with van der Waals surface area (Å²) in [6.45, 7) is 6.91. The van der Waals surface area contributed by atoms with Crippen molar-refractivity contribution in [2.24, 2.45) is 0 Å². The van der Waals surface area contributed by atoms with Crippen molar-refractivity contribution >= 4 is 17.5 Å². The van der Waals surface area contributed by atoms with Crippen LogP contribution >= 0.6 is 11.6 Å². The van der Waals surface area contributed by atoms with Gasteiger partial charge >= 0.3 is 0 Å². The van der Waals surface area contributed by atoms with Crippen molar-refractivity contribution in [3.8, 4) is 0 Å². The van der Waals surface area contributed by atoms with Gasteiger partial charge in [-0.2, -0.15) is 0 Å². The summed E-state index contributed by atoms with van der Waals surface area (Å²) in [5.74, 6) is 0.906. The Labute approximate surface area is 86.2 Å². The molecular formula is C10H20ClNO. The smallest absolute Gasteiger partial charge is 0.222 e. The molecule has 0 spiro atoms. The molecule has 0 fully saturated rings. The van der Waals surface area contributed by atoms with Gasteiger partial charge in [-0.05, 0) is 33.6 Å². The highest BCUT2D eigenvalue weighted by atomic mass is 35.5. The van der Waals surface area contributed by atoms with Crippen molar-refractivity contribution in [1.29, 1.82) is 0 Å². The molecule has 1 amide bonds. The van der Waals surface area contributed by atoms with Gasteiger partial charge in [-0.25, -0.2) is 0 Å². The molecule has 0 aromatic rings. The van der Waals surface area contributed by atoms with Crippen LogP contribution in [0.3, 0.4) is 0 Å². The molecule has 0 saturated carbocycles. The molecule has 0 saturated heterocycles. The molecule has 0 radical (unpaired) electrons. The van der Waals surface area contributed by atoms with E-state index in [1.807, 2.05) is 25.7 Å². The number of amides is 1. The average molecular weight is 206 g/mol. The van der Waals surface area contributed by atoms with Gasteiger partial charge in [0.25, 0.3) is 0 Å². The lowest BCUT2D eigenvalue weighted by Crippen LogP contribution is -2.36. The third kappa shape index (κ3) is 5.14. The van der Waals surface area contributed by atoms with Crippen LogP contribution in [0.4, 0.5) is 0 Å². The maximum absolute atomic E-state index is 11.6. The number of carbonyl (C=O) groups is 1. The van der Waals surface area contributed by atoms with Crippen LogP contribution in [0, 0.1) is 0 Å². The van der Waals surface area contributed by atoms with E-state index < -0.39 is 0 Å². The van der Waals surface area contributed by atoms with Crippen molar-refractivity contribution < 1.29 is 4.79 Å². The van der Waals surface area contributed by atoms with Gasteiger partial charge in [0.2, 0.25) is 5.91 Å². The molecule has 0 rings (SSSR count). The van der Waals surface area contributed by atoms with Gasteiger partial charge in [0, 0.05) is 24.9 Å². The molecule has 3 heteroatoms. The molecule has 78 valence electrons. The second-order valence-corrected chi connectivity index (χ2v) is 3.80. The number of unbranched alkanes of at least 4 members (excludes halogenated alkanes) is 1. The van der Waals surface area contributed by atoms with Crippen LogP contribution in [0.15, 0.2) is 0 Å². The number of rotatable bonds is 6. The Bertz CT molecular complexity index is 148. The standard InChI is InChI=1S/C10H20ClNO/c1-4-12(9(2)3)10(13)7-5-6-8-11/h9H,4-8H2,1-3H3. The van der Waals surface area contributed by atoms with Crippen LogP contribution in [-0.2, 0) is 4.79 Å². The van der Waals surface area contributed by atoms with Crippen LogP contribution in [0.5, 0.6) is 0 Å². The molecule has 0 N–H and O–H groups in total. The fourth-order valence-electron chi connectivity index (χ4n) is 1.34. The molecule has 0 heterocycles. The normalized spacial score (nSPS) is 10.5. The van der Waals surface area contributed by atoms with Crippen molar-refractivity contribution in [3.63, 3.8) is 0 Å². The van der Waals surface area contributed by atoms with Gasteiger partial charge in [-0.3, -0.25) is 4.79 Å². The molecular weight excluding hydrogens is 186 g/mol. The third-order valence-electron chi connectivity index (χ3n) is 2.06. The highest BCUT2D eigenvalue weighted by Crippen LogP contribution is 2.05. The Morgan fingerprint density at radius 3 is 2.38 bits per heavy atom. The maximum atomic E-state index is 11.6. The van der Waals surface area contributed by atoms with Gasteiger partial charge in [-0.15, -0.1) is 11.6 Å². The van der Waals surface area contributed by atoms with Crippen LogP contribution in [0.1, 0.15) is 40.0 Å². The molecule has 0 aromatic carbocycles. The quantitative estimate of drug-likeness (QED) is 0.482. The Kier molecular flexibility index (Phi) is 7.06. The minimum atomic E-state index is 0.252. The maximum Gasteiger partial charge on any atom is 0.222 e. The van der Waals surface area contributed by atoms with E-state index >= 15 is 0 Å². The van der Waals surface area contributed by atoms with Crippen molar-refractivity contribution in [1.82, 2.24) is 4.90 Å². The Morgan fingerprint density at radius 1 is 1.38 bits per heavy atom. The highest BCUT2D eigenvalue weighted by Gasteiger charge is 2.13. The predicted molar refractivity (Wildman–Crippen MR) is 57.1 cm³/mol. The zero-order valence-corrected chi connectivity index (χ0v) is 9.60. The average Bonchev–Trinajstić information content (AvgIpc) is 2.05. The molecule has 0 unspecified atom stereocenters. The fraction of sp³-hybridized carbons (Fsp3) is 0.900. The number of nitrogens with zero attached hydrogens (tertiary/aromatic N) is 1. The van der Waals surface area contributed by atoms with Crippen LogP contribution in [-0.4, -0.2) is 29.3 Å². The lowest BCUT2D eigenvalue weighted by Gasteiger charge is -2.25. The van der Waals surface area contributed by atoms with Crippen molar-refractivity contribution in [3.05, 3.63) is 0 Å². The van der Waals surface area contributed by atoms with Gasteiger partial charge in [0.1, 0.15) is 0 Å². The SMILES string of the molecule is CCN(C(=O)CCCCCl)C(C)C. The molecule has 0 aliphatic heterocycles. The number of hydrogen-bond acceptors (Lipinski definition) is 1. The summed E-state index contributed by atoms with van der Waals surface area (Å²) in [5.41, 5.74) is 0. The number of halogens is 1. The largest absolute Gasteiger partial charge is 0.341 e. The molecule has 0 aromatic heterocycles. The van der Waals surface area contributed by atoms with E-state index in [0.717, 1.165) is 19.4 Å². The zero-order valence-electron chi connectivity index (χ0n) is 8.85. The molecule has 0 aliphatic carbocycles. The number of carbonyl (C=O) groups excluding carboxylic acids is 1. The zero-order chi connectivity index (χ0) is 10.3. The third-order valence-corrected chi connectivity index (χ3v) is 2.33. The minimum Gasteiger partial charge on any atom is -0.341 e. The Morgan fingerprint density at radius 2 is 2.00 bits per heavy atom. The predicted octanol–water partition coefficient (Wildman–Crippen LogP) is 2.65. The number of alkyl halides is 1. The van der Waals surface area contributed by atoms with Gasteiger partial charge in [0.05, 0.1) is 0 Å². The van der Waals surface area contributed by atoms with Crippen molar-refractivity contribution in [2.45, 2.75) is 46.1 Å². The summed E-state index contributed by atoms with van der Waals surface area (Å²) < 4.78 is 0. The van der Waals surface area contributed by atoms with E-state index in [2.05, 4.69) is 0 Å². The van der Waals surface area contributed by atoms with Gasteiger partial charge < -0.3 is 4.90 Å². The fourth-order valence-corrected chi connectivity index (χ4v) is 1.53. The van der Waals surface area contributed by atoms with E-state index in [1.54, 1.807) is 0 Å². The van der Waals surface area contributed by atoms with Gasteiger partial charge in [-0.1, -0.05) is 0 Å². The second-order valence-electron chi connectivity index (χ2n) is 3.42. The Hall–Kier alpha value is -0.240. The summed E-state index contributed by atoms with van der Waals surface area (Å²) in [6.07, 6.45) is 2.48. The van der Waals surface area contributed by atoms with Crippen LogP contribution in [0.25, 0.3) is 0 Å². The Balaban J connectivity index is 3.78. The first kappa shape index (κ1) is 12.8. The molecule has 2 nitrogen and oxygen atoms in total. The summed E-state index contributed by atoms with van der Waals surface area (Å²) >= 11 is 5.54. The summed E-state index contributed by atoms with van der Waals surface area (Å²) in [7, 11) is 0. The van der Waals surface area contributed by atoms with E-state index in [1.165, 1.54) is 0 Å². The number of hydrogen-bond donors (Lipinski definition) is 0. The summed E-state index contributed by atoms with van der Waals surface area (Å²) in [4.78, 5) is 13.5. The highest BCUT2D eigenvalue weighted by molar-refractivity contribution is 6.17. The first-order valence-corrected chi connectivity index (χ1v) is 5.52. The molecule has 0 aliphatic rings. The molecule has 13 heavy (non-hydrogen) atoms. The van der Waals surface area contributed by atoms with E-state index in [4.69, 9.17) is 11.6 Å². The van der Waals surface area contributed by atoms with Gasteiger partial charge in [0.15, 0.2) is 0 Å². The van der Waals surface area contributed by atoms with E-state index in [0.29, 0.717) is 18.3 Å². The van der Waals surface area contributed by atoms with E-state index in [-0.39, 0.29) is 5.91 Å². The summed E-state index contributed by atoms with van der Waals surface area (Å²) in [6, 6.07) is 0.313. The topological polar surface area (TPSA) is 20.3 Å². The molecule has 0 atom stereocenters. The monoisotopic (exact) mass is 205 g/mol.